The predicted molar refractivity (Wildman–Crippen MR) is 158 cm³/mol. The number of aliphatic imine (C=N–C) groups is 2. The summed E-state index contributed by atoms with van der Waals surface area (Å²) < 4.78 is 242. The van der Waals surface area contributed by atoms with Crippen molar-refractivity contribution in [3.63, 3.8) is 0 Å². The monoisotopic (exact) mass is 877 g/mol. The number of rotatable bonds is 0. The number of nitrogens with zero attached hydrogens (tertiary/aromatic N) is 8. The zero-order valence-electron chi connectivity index (χ0n) is 27.0. The largest absolute Gasteiger partial charge is 0.695 e. The van der Waals surface area contributed by atoms with Crippen LogP contribution in [0.25, 0.3) is 32.2 Å². The quantitative estimate of drug-likeness (QED) is 0.0855. The van der Waals surface area contributed by atoms with Crippen molar-refractivity contribution in [1.29, 1.82) is 0 Å². The number of aromatic nitrogens is 2. The molecule has 9 rings (SSSR count). The number of hydrogen-bond acceptors (Lipinski definition) is 4. The van der Waals surface area contributed by atoms with Crippen LogP contribution in [0.1, 0.15) is 0 Å². The van der Waals surface area contributed by atoms with Crippen molar-refractivity contribution >= 4 is 44.9 Å². The summed E-state index contributed by atoms with van der Waals surface area (Å²) in [6.45, 7) is 0. The van der Waals surface area contributed by atoms with E-state index in [4.69, 9.17) is 0 Å². The maximum absolute atomic E-state index is 15.6. The van der Waals surface area contributed by atoms with Crippen LogP contribution in [-0.4, -0.2) is 73.4 Å². The molecular weight excluding hydrogens is 864 g/mol. The van der Waals surface area contributed by atoms with E-state index in [1.165, 1.54) is 0 Å². The van der Waals surface area contributed by atoms with Crippen molar-refractivity contribution in [2.75, 3.05) is 0 Å². The summed E-state index contributed by atoms with van der Waals surface area (Å²) in [6, 6.07) is 0. The summed E-state index contributed by atoms with van der Waals surface area (Å²) in [5.41, 5.74) is -2.59. The van der Waals surface area contributed by atoms with Crippen LogP contribution in [0.15, 0.2) is 20.0 Å². The molecule has 14 atom stereocenters. The van der Waals surface area contributed by atoms with Crippen LogP contribution < -0.4 is 20.9 Å². The first kappa shape index (κ1) is 39.3. The molecule has 3 aliphatic heterocycles. The minimum absolute atomic E-state index is 0. The summed E-state index contributed by atoms with van der Waals surface area (Å²) in [5.74, 6) is -33.1. The van der Waals surface area contributed by atoms with Crippen LogP contribution in [0.2, 0.25) is 0 Å². The smallest absolute Gasteiger partial charge is 0.198 e. The molecule has 25 heteroatoms. The SMILES string of the molecule is Fc1c(F)c(F)c2c3[n-]c(c2c1F)[N-]C1N=C(N=c2[n-]c(c4c(F)c(F)c(F)c(F)c24)=NC2=NC([N-]3)C3C(F)C(F)C(F)C(F)C23)C2C(F)C(F)C(F)C(F)C12.[Cu]. The van der Waals surface area contributed by atoms with Gasteiger partial charge in [0.25, 0.3) is 0 Å². The Kier molecular flexibility index (Phi) is 9.13. The molecule has 309 valence electrons. The van der Waals surface area contributed by atoms with Crippen molar-refractivity contribution in [1.82, 2.24) is 9.97 Å². The van der Waals surface area contributed by atoms with Gasteiger partial charge in [0.1, 0.15) is 24.7 Å². The normalized spacial score (nSPS) is 35.6. The Morgan fingerprint density at radius 2 is 0.684 bits per heavy atom. The van der Waals surface area contributed by atoms with E-state index in [1.807, 2.05) is 0 Å². The van der Waals surface area contributed by atoms with Crippen molar-refractivity contribution in [2.24, 2.45) is 43.6 Å². The van der Waals surface area contributed by atoms with Gasteiger partial charge in [0.15, 0.2) is 71.2 Å². The van der Waals surface area contributed by atoms with Gasteiger partial charge in [-0.2, -0.15) is 0 Å². The first-order valence-corrected chi connectivity index (χ1v) is 16.2. The minimum Gasteiger partial charge on any atom is -0.695 e. The molecule has 2 fully saturated rings. The van der Waals surface area contributed by atoms with Crippen LogP contribution in [0, 0.1) is 70.2 Å². The molecule has 5 heterocycles. The van der Waals surface area contributed by atoms with Gasteiger partial charge in [0, 0.05) is 62.5 Å². The van der Waals surface area contributed by atoms with Gasteiger partial charge in [-0.05, 0) is 23.1 Å². The number of fused-ring (bicyclic) bond motifs is 18. The molecule has 57 heavy (non-hydrogen) atoms. The van der Waals surface area contributed by atoms with Gasteiger partial charge in [-0.25, -0.2) is 81.9 Å². The van der Waals surface area contributed by atoms with Crippen molar-refractivity contribution < 1.29 is 87.3 Å². The third-order valence-electron chi connectivity index (χ3n) is 10.7. The van der Waals surface area contributed by atoms with Gasteiger partial charge in [-0.3, -0.25) is 0 Å². The Labute approximate surface area is 315 Å². The Hall–Kier alpha value is -4.54. The van der Waals surface area contributed by atoms with Crippen molar-refractivity contribution in [2.45, 2.75) is 61.7 Å². The fourth-order valence-corrected chi connectivity index (χ4v) is 8.07. The van der Waals surface area contributed by atoms with E-state index < -0.39 is 188 Å². The summed E-state index contributed by atoms with van der Waals surface area (Å²) in [4.78, 5) is 22.3. The van der Waals surface area contributed by atoms with Crippen molar-refractivity contribution in [3.05, 3.63) is 68.1 Å². The molecule has 8 bridgehead atoms. The van der Waals surface area contributed by atoms with Crippen LogP contribution >= 0.6 is 0 Å². The topological polar surface area (TPSA) is 106 Å². The zero-order valence-corrected chi connectivity index (χ0v) is 28.0. The van der Waals surface area contributed by atoms with Crippen LogP contribution in [0.4, 0.5) is 81.9 Å². The van der Waals surface area contributed by atoms with Gasteiger partial charge in [-0.15, -0.1) is 0 Å². The molecule has 0 spiro atoms. The van der Waals surface area contributed by atoms with Crippen LogP contribution in [-0.2, 0) is 17.1 Å². The molecule has 2 saturated carbocycles. The second-order valence-electron chi connectivity index (χ2n) is 13.6. The van der Waals surface area contributed by atoms with E-state index in [-0.39, 0.29) is 17.1 Å². The second kappa shape index (κ2) is 13.2. The average molecular weight is 878 g/mol. The first-order valence-electron chi connectivity index (χ1n) is 16.2. The molecule has 0 saturated heterocycles. The van der Waals surface area contributed by atoms with E-state index in [0.29, 0.717) is 0 Å². The van der Waals surface area contributed by atoms with Gasteiger partial charge in [0.05, 0.1) is 11.7 Å². The van der Waals surface area contributed by atoms with E-state index in [2.05, 4.69) is 40.6 Å². The molecule has 4 aromatic rings. The zero-order chi connectivity index (χ0) is 40.1. The van der Waals surface area contributed by atoms with Crippen LogP contribution in [0.3, 0.4) is 0 Å². The second-order valence-corrected chi connectivity index (χ2v) is 13.6. The molecular formula is C32H14CuF16N8-4. The summed E-state index contributed by atoms with van der Waals surface area (Å²) >= 11 is 0. The number of benzene rings is 2. The summed E-state index contributed by atoms with van der Waals surface area (Å²) in [6.07, 6.45) is -30.0. The standard InChI is InChI=1S/C32H14F16N8.Cu/c33-9-1-2(10(34)18(42)17(9)41)26-49-25(1)53-27-3-4(12(36)20(44)19(43)11(3)35)29(50-27)55-31-7-8(16(40)24(48)23(47)15(7)39)32(52-31)56-30-6-5(28(51-30)54-26)13(37)21(45)22(46)14(6)38;/h1-2,7-10,15-18,23-25,31H;/q-4;. The van der Waals surface area contributed by atoms with Crippen molar-refractivity contribution in [3.8, 4) is 0 Å². The summed E-state index contributed by atoms with van der Waals surface area (Å²) in [7, 11) is 0. The summed E-state index contributed by atoms with van der Waals surface area (Å²) in [5, 5.41) is 1.91. The van der Waals surface area contributed by atoms with E-state index in [0.717, 1.165) is 0 Å². The number of hydrogen-bond donors (Lipinski definition) is 0. The number of amidine groups is 2. The molecule has 2 aliphatic carbocycles. The van der Waals surface area contributed by atoms with E-state index in [1.54, 1.807) is 0 Å². The molecule has 0 amide bonds. The predicted octanol–water partition coefficient (Wildman–Crippen LogP) is 6.65. The maximum Gasteiger partial charge on any atom is 0.198 e. The molecule has 5 aliphatic rings. The molecule has 14 unspecified atom stereocenters. The van der Waals surface area contributed by atoms with Crippen LogP contribution in [0.5, 0.6) is 0 Å². The Morgan fingerprint density at radius 3 is 1.04 bits per heavy atom. The Morgan fingerprint density at radius 1 is 0.368 bits per heavy atom. The number of halogens is 16. The molecule has 2 aromatic heterocycles. The van der Waals surface area contributed by atoms with E-state index >= 15 is 35.1 Å². The van der Waals surface area contributed by atoms with Gasteiger partial charge in [-0.1, -0.05) is 0 Å². The van der Waals surface area contributed by atoms with E-state index in [9.17, 15) is 35.1 Å². The molecule has 2 aromatic carbocycles. The van der Waals surface area contributed by atoms with Gasteiger partial charge >= 0.3 is 0 Å². The Balaban J connectivity index is 0.00000455. The third-order valence-corrected chi connectivity index (χ3v) is 10.7. The fourth-order valence-electron chi connectivity index (χ4n) is 8.07. The average Bonchev–Trinajstić information content (AvgIpc) is 3.92. The molecule has 0 N–H and O–H groups in total. The van der Waals surface area contributed by atoms with Gasteiger partial charge in [0.2, 0.25) is 0 Å². The fraction of sp³-hybridized carbons (Fsp3) is 0.438. The third kappa shape index (κ3) is 5.21. The molecule has 1 radical (unpaired) electrons. The first-order chi connectivity index (χ1) is 26.4. The van der Waals surface area contributed by atoms with Gasteiger partial charge < -0.3 is 40.6 Å². The number of alkyl halides is 8. The molecule has 8 nitrogen and oxygen atoms in total. The minimum atomic E-state index is -3.25. The Bertz CT molecular complexity index is 2400. The maximum atomic E-state index is 15.6.